The Morgan fingerprint density at radius 1 is 0.941 bits per heavy atom. The smallest absolute Gasteiger partial charge is 0.0273 e. The summed E-state index contributed by atoms with van der Waals surface area (Å²) in [5.74, 6) is 0.833. The lowest BCUT2D eigenvalue weighted by Crippen LogP contribution is -1.77. The Labute approximate surface area is 109 Å². The molecule has 2 rings (SSSR count). The summed E-state index contributed by atoms with van der Waals surface area (Å²) in [7, 11) is 0. The van der Waals surface area contributed by atoms with E-state index in [-0.39, 0.29) is 7.43 Å². The molecule has 0 amide bonds. The van der Waals surface area contributed by atoms with Crippen LogP contribution in [0, 0.1) is 13.3 Å². The zero-order valence-corrected chi connectivity index (χ0v) is 12.7. The zero-order chi connectivity index (χ0) is 12.4. The second kappa shape index (κ2) is 11.7. The molecule has 1 aliphatic rings. The summed E-state index contributed by atoms with van der Waals surface area (Å²) in [6.07, 6.45) is 5.21. The zero-order valence-electron chi connectivity index (χ0n) is 12.7. The first-order valence-corrected chi connectivity index (χ1v) is 6.68. The molecule has 0 unspecified atom stereocenters. The first kappa shape index (κ1) is 18.6. The highest BCUT2D eigenvalue weighted by Gasteiger charge is 2.07. The van der Waals surface area contributed by atoms with Crippen LogP contribution < -0.4 is 0 Å². The Bertz CT molecular complexity index is 235. The minimum Gasteiger partial charge on any atom is -0.358 e. The van der Waals surface area contributed by atoms with Crippen molar-refractivity contribution in [3.05, 3.63) is 42.8 Å². The summed E-state index contributed by atoms with van der Waals surface area (Å²) in [5.41, 5.74) is 3.13. The molecule has 0 nitrogen and oxygen atoms in total. The highest BCUT2D eigenvalue weighted by atomic mass is 14.1. The lowest BCUT2D eigenvalue weighted by molar-refractivity contribution is 0.737. The van der Waals surface area contributed by atoms with Crippen LogP contribution in [-0.4, -0.2) is 0 Å². The molecule has 0 bridgehead atoms. The van der Waals surface area contributed by atoms with Gasteiger partial charge in [-0.25, -0.2) is 0 Å². The molecule has 0 heterocycles. The molecule has 0 spiro atoms. The molecule has 0 radical (unpaired) electrons. The average molecular weight is 235 g/mol. The number of fused-ring (bicyclic) bond motifs is 1. The van der Waals surface area contributed by atoms with Gasteiger partial charge in [0.15, 0.2) is 0 Å². The third-order valence-corrected chi connectivity index (χ3v) is 2.01. The normalized spacial score (nSPS) is 11.4. The topological polar surface area (TPSA) is 0 Å². The van der Waals surface area contributed by atoms with Crippen molar-refractivity contribution in [3.63, 3.8) is 0 Å². The Hall–Kier alpha value is -0.780. The van der Waals surface area contributed by atoms with Gasteiger partial charge in [-0.2, -0.15) is 0 Å². The molecule has 0 N–H and O–H groups in total. The van der Waals surface area contributed by atoms with E-state index in [0.29, 0.717) is 0 Å². The lowest BCUT2D eigenvalue weighted by Gasteiger charge is -1.93. The minimum absolute atomic E-state index is 0. The summed E-state index contributed by atoms with van der Waals surface area (Å²) in [6.45, 7) is 10.8. The molecule has 0 fully saturated rings. The van der Waals surface area contributed by atoms with Crippen LogP contribution in [0.5, 0.6) is 0 Å². The third-order valence-electron chi connectivity index (χ3n) is 2.01. The van der Waals surface area contributed by atoms with Crippen molar-refractivity contribution in [3.8, 4) is 0 Å². The van der Waals surface area contributed by atoms with Crippen molar-refractivity contribution in [2.75, 3.05) is 0 Å². The first-order chi connectivity index (χ1) is 7.61. The van der Waals surface area contributed by atoms with E-state index >= 15 is 0 Å². The Balaban J connectivity index is 0. The van der Waals surface area contributed by atoms with E-state index in [2.05, 4.69) is 58.9 Å². The van der Waals surface area contributed by atoms with Gasteiger partial charge < -0.3 is 7.43 Å². The maximum Gasteiger partial charge on any atom is -0.0273 e. The van der Waals surface area contributed by atoms with Crippen LogP contribution in [0.2, 0.25) is 0 Å². The second-order valence-electron chi connectivity index (χ2n) is 5.06. The van der Waals surface area contributed by atoms with Gasteiger partial charge in [-0.05, 0) is 36.3 Å². The first-order valence-electron chi connectivity index (χ1n) is 6.68. The molecule has 0 saturated carbocycles. The lowest BCUT2D eigenvalue weighted by atomic mass is 10.1. The molecule has 1 aromatic carbocycles. The number of hydrogen-bond acceptors (Lipinski definition) is 0. The van der Waals surface area contributed by atoms with Crippen molar-refractivity contribution < 1.29 is 0 Å². The van der Waals surface area contributed by atoms with Gasteiger partial charge in [0.2, 0.25) is 0 Å². The van der Waals surface area contributed by atoms with Crippen molar-refractivity contribution in [2.45, 2.75) is 60.3 Å². The fraction of sp³-hybridized carbons (Fsp3) is 0.588. The van der Waals surface area contributed by atoms with Crippen LogP contribution in [0.1, 0.15) is 58.6 Å². The van der Waals surface area contributed by atoms with E-state index in [1.54, 1.807) is 11.1 Å². The van der Waals surface area contributed by atoms with Gasteiger partial charge in [-0.3, -0.25) is 0 Å². The quantitative estimate of drug-likeness (QED) is 0.506. The van der Waals surface area contributed by atoms with Gasteiger partial charge in [-0.1, -0.05) is 65.3 Å². The largest absolute Gasteiger partial charge is 0.358 e. The molecule has 1 aromatic rings. The van der Waals surface area contributed by atoms with E-state index in [0.717, 1.165) is 5.92 Å². The summed E-state index contributed by atoms with van der Waals surface area (Å²) >= 11 is 0. The molecule has 0 aromatic heterocycles. The highest BCUT2D eigenvalue weighted by Crippen LogP contribution is 2.20. The van der Waals surface area contributed by atoms with E-state index in [4.69, 9.17) is 0 Å². The maximum atomic E-state index is 2.24. The third kappa shape index (κ3) is 10.1. The standard InChI is InChI=1S/C9H10.C4H10.C3H8.CH3/c1-2-5-9-7-3-6-8(9)4-1;1-4(2)3;1-3-2;/h1-2,4-5H,3,6-7H2;4H,1-3H3;3H2,1-2H3;1H3/q;;;-1. The van der Waals surface area contributed by atoms with Crippen LogP contribution >= 0.6 is 0 Å². The number of hydrogen-bond donors (Lipinski definition) is 0. The van der Waals surface area contributed by atoms with Crippen LogP contribution in [0.3, 0.4) is 0 Å². The van der Waals surface area contributed by atoms with Gasteiger partial charge in [0, 0.05) is 0 Å². The summed E-state index contributed by atoms with van der Waals surface area (Å²) in [6, 6.07) is 8.74. The van der Waals surface area contributed by atoms with Crippen LogP contribution in [0.4, 0.5) is 0 Å². The van der Waals surface area contributed by atoms with E-state index < -0.39 is 0 Å². The van der Waals surface area contributed by atoms with Crippen molar-refractivity contribution in [1.29, 1.82) is 0 Å². The fourth-order valence-electron chi connectivity index (χ4n) is 1.51. The van der Waals surface area contributed by atoms with Gasteiger partial charge in [0.05, 0.1) is 0 Å². The van der Waals surface area contributed by atoms with Crippen molar-refractivity contribution in [2.24, 2.45) is 5.92 Å². The van der Waals surface area contributed by atoms with Crippen molar-refractivity contribution in [1.82, 2.24) is 0 Å². The van der Waals surface area contributed by atoms with E-state index in [1.807, 2.05) is 0 Å². The number of benzene rings is 1. The van der Waals surface area contributed by atoms with Crippen LogP contribution in [0.15, 0.2) is 24.3 Å². The molecule has 100 valence electrons. The van der Waals surface area contributed by atoms with E-state index in [1.165, 1.54) is 25.7 Å². The Morgan fingerprint density at radius 2 is 1.24 bits per heavy atom. The van der Waals surface area contributed by atoms with Crippen LogP contribution in [-0.2, 0) is 12.8 Å². The highest BCUT2D eigenvalue weighted by molar-refractivity contribution is 5.30. The van der Waals surface area contributed by atoms with Gasteiger partial charge in [0.25, 0.3) is 0 Å². The summed E-state index contributed by atoms with van der Waals surface area (Å²) in [5, 5.41) is 0. The molecule has 0 saturated heterocycles. The van der Waals surface area contributed by atoms with Gasteiger partial charge in [-0.15, -0.1) is 0 Å². The summed E-state index contributed by atoms with van der Waals surface area (Å²) < 4.78 is 0. The predicted octanol–water partition coefficient (Wildman–Crippen LogP) is 5.70. The Kier molecular flexibility index (Phi) is 12.8. The minimum atomic E-state index is 0. The van der Waals surface area contributed by atoms with Gasteiger partial charge in [0.1, 0.15) is 0 Å². The molecule has 0 heteroatoms. The monoisotopic (exact) mass is 235 g/mol. The Morgan fingerprint density at radius 3 is 1.53 bits per heavy atom. The molecule has 0 atom stereocenters. The van der Waals surface area contributed by atoms with E-state index in [9.17, 15) is 0 Å². The fourth-order valence-corrected chi connectivity index (χ4v) is 1.51. The number of aryl methyl sites for hydroxylation is 2. The molecular weight excluding hydrogens is 204 g/mol. The van der Waals surface area contributed by atoms with Crippen molar-refractivity contribution >= 4 is 0 Å². The SMILES string of the molecule is CC(C)C.CCC.[CH3-].c1ccc2c(c1)CCC2. The average Bonchev–Trinajstić information content (AvgIpc) is 2.65. The van der Waals surface area contributed by atoms with Crippen LogP contribution in [0.25, 0.3) is 0 Å². The van der Waals surface area contributed by atoms with Gasteiger partial charge >= 0.3 is 0 Å². The molecule has 0 aliphatic heterocycles. The predicted molar refractivity (Wildman–Crippen MR) is 81.4 cm³/mol. The second-order valence-corrected chi connectivity index (χ2v) is 5.06. The maximum absolute atomic E-state index is 2.24. The molecular formula is C17H31-. The summed E-state index contributed by atoms with van der Waals surface area (Å²) in [4.78, 5) is 0. The number of rotatable bonds is 0. The molecule has 1 aliphatic carbocycles. The molecule has 17 heavy (non-hydrogen) atoms.